The molecule has 0 radical (unpaired) electrons. The highest BCUT2D eigenvalue weighted by molar-refractivity contribution is 7.98. The Hall–Kier alpha value is -2.35. The minimum Gasteiger partial charge on any atom is -0.486 e. The summed E-state index contributed by atoms with van der Waals surface area (Å²) in [6.45, 7) is 3.53. The molecule has 0 aliphatic carbocycles. The smallest absolute Gasteiger partial charge is 0.317 e. The zero-order valence-corrected chi connectivity index (χ0v) is 15.8. The summed E-state index contributed by atoms with van der Waals surface area (Å²) in [5.41, 5.74) is 2.16. The van der Waals surface area contributed by atoms with Gasteiger partial charge in [-0.05, 0) is 19.1 Å². The maximum atomic E-state index is 12.2. The third kappa shape index (κ3) is 4.85. The largest absolute Gasteiger partial charge is 0.486 e. The number of nitrogens with one attached hydrogen (secondary N) is 2. The van der Waals surface area contributed by atoms with E-state index in [1.807, 2.05) is 31.2 Å². The van der Waals surface area contributed by atoms with Crippen molar-refractivity contribution in [2.45, 2.75) is 18.8 Å². The lowest BCUT2D eigenvalue weighted by molar-refractivity contribution is 0.0716. The number of aromatic nitrogens is 2. The van der Waals surface area contributed by atoms with Crippen LogP contribution in [-0.2, 0) is 5.75 Å². The van der Waals surface area contributed by atoms with Crippen LogP contribution in [0.2, 0.25) is 0 Å². The number of likely N-dealkylation sites (N-methyl/N-ethyl adjacent to an activating group) is 1. The summed E-state index contributed by atoms with van der Waals surface area (Å²) in [6, 6.07) is 7.46. The molecule has 1 aliphatic rings. The Balaban J connectivity index is 1.34. The van der Waals surface area contributed by atoms with Crippen molar-refractivity contribution < 1.29 is 14.3 Å². The van der Waals surface area contributed by atoms with Gasteiger partial charge in [0.1, 0.15) is 6.61 Å². The van der Waals surface area contributed by atoms with Crippen LogP contribution in [0.4, 0.5) is 4.79 Å². The molecule has 2 heterocycles. The number of amides is 2. The Morgan fingerprint density at radius 1 is 1.42 bits per heavy atom. The molecule has 1 aliphatic heterocycles. The fourth-order valence-electron chi connectivity index (χ4n) is 2.61. The molecule has 0 fully saturated rings. The molecule has 1 atom stereocenters. The first-order valence-electron chi connectivity index (χ1n) is 8.57. The molecule has 140 valence electrons. The number of hydrogen-bond acceptors (Lipinski definition) is 5. The van der Waals surface area contributed by atoms with E-state index in [1.54, 1.807) is 30.0 Å². The first-order valence-corrected chi connectivity index (χ1v) is 9.73. The molecule has 0 unspecified atom stereocenters. The fourth-order valence-corrected chi connectivity index (χ4v) is 3.48. The lowest BCUT2D eigenvalue weighted by Crippen LogP contribution is -2.45. The topological polar surface area (TPSA) is 79.5 Å². The molecule has 1 aromatic heterocycles. The molecular weight excluding hydrogens is 352 g/mol. The number of urea groups is 1. The average Bonchev–Trinajstić information content (AvgIpc) is 3.06. The third-order valence-electron chi connectivity index (χ3n) is 4.09. The van der Waals surface area contributed by atoms with Gasteiger partial charge in [0.05, 0.1) is 18.6 Å². The number of para-hydroxylation sites is 2. The number of benzene rings is 1. The molecule has 2 aromatic rings. The molecule has 8 heteroatoms. The molecule has 3 rings (SSSR count). The van der Waals surface area contributed by atoms with Crippen molar-refractivity contribution in [3.05, 3.63) is 42.0 Å². The number of hydrogen-bond donors (Lipinski definition) is 2. The van der Waals surface area contributed by atoms with Gasteiger partial charge in [-0.3, -0.25) is 0 Å². The van der Waals surface area contributed by atoms with Gasteiger partial charge < -0.3 is 24.7 Å². The Morgan fingerprint density at radius 2 is 2.23 bits per heavy atom. The number of thioether (sulfide) groups is 1. The minimum absolute atomic E-state index is 0.107. The number of H-pyrrole nitrogens is 1. The van der Waals surface area contributed by atoms with Gasteiger partial charge in [0, 0.05) is 30.8 Å². The highest BCUT2D eigenvalue weighted by atomic mass is 32.2. The molecule has 0 saturated heterocycles. The number of imidazole rings is 1. The van der Waals surface area contributed by atoms with E-state index < -0.39 is 0 Å². The SMILES string of the molecule is Cc1[nH]cnc1CSCCNC(=O)N(C)C[C@@H]1COc2ccccc2O1. The number of fused-ring (bicyclic) bond motifs is 1. The van der Waals surface area contributed by atoms with Crippen LogP contribution in [0.15, 0.2) is 30.6 Å². The maximum absolute atomic E-state index is 12.2. The number of nitrogens with zero attached hydrogens (tertiary/aromatic N) is 2. The second-order valence-corrected chi connectivity index (χ2v) is 7.24. The van der Waals surface area contributed by atoms with Crippen molar-refractivity contribution in [3.8, 4) is 11.5 Å². The van der Waals surface area contributed by atoms with E-state index in [4.69, 9.17) is 9.47 Å². The van der Waals surface area contributed by atoms with Gasteiger partial charge in [-0.2, -0.15) is 11.8 Å². The number of aryl methyl sites for hydroxylation is 1. The molecule has 7 nitrogen and oxygen atoms in total. The third-order valence-corrected chi connectivity index (χ3v) is 5.06. The highest BCUT2D eigenvalue weighted by Crippen LogP contribution is 2.30. The van der Waals surface area contributed by atoms with Crippen LogP contribution in [0.5, 0.6) is 11.5 Å². The summed E-state index contributed by atoms with van der Waals surface area (Å²) in [6.07, 6.45) is 1.54. The van der Waals surface area contributed by atoms with Crippen molar-refractivity contribution in [3.63, 3.8) is 0 Å². The van der Waals surface area contributed by atoms with Crippen molar-refractivity contribution in [2.24, 2.45) is 0 Å². The van der Waals surface area contributed by atoms with Gasteiger partial charge in [0.15, 0.2) is 17.6 Å². The van der Waals surface area contributed by atoms with E-state index in [9.17, 15) is 4.79 Å². The molecule has 2 N–H and O–H groups in total. The van der Waals surface area contributed by atoms with Gasteiger partial charge in [0.25, 0.3) is 0 Å². The van der Waals surface area contributed by atoms with Crippen LogP contribution in [0.3, 0.4) is 0 Å². The molecule has 0 saturated carbocycles. The summed E-state index contributed by atoms with van der Waals surface area (Å²) in [5, 5.41) is 2.93. The maximum Gasteiger partial charge on any atom is 0.317 e. The van der Waals surface area contributed by atoms with Crippen LogP contribution in [-0.4, -0.2) is 59.5 Å². The van der Waals surface area contributed by atoms with Gasteiger partial charge in [-0.25, -0.2) is 9.78 Å². The van der Waals surface area contributed by atoms with E-state index in [2.05, 4.69) is 15.3 Å². The van der Waals surface area contributed by atoms with Crippen molar-refractivity contribution in [1.29, 1.82) is 0 Å². The summed E-state index contributed by atoms with van der Waals surface area (Å²) in [4.78, 5) is 21.2. The Labute approximate surface area is 157 Å². The van der Waals surface area contributed by atoms with Crippen LogP contribution in [0.1, 0.15) is 11.4 Å². The first kappa shape index (κ1) is 18.4. The van der Waals surface area contributed by atoms with E-state index in [0.29, 0.717) is 19.7 Å². The van der Waals surface area contributed by atoms with Crippen molar-refractivity contribution >= 4 is 17.8 Å². The lowest BCUT2D eigenvalue weighted by atomic mass is 10.2. The Bertz CT molecular complexity index is 737. The van der Waals surface area contributed by atoms with Crippen molar-refractivity contribution in [1.82, 2.24) is 20.2 Å². The predicted octanol–water partition coefficient (Wildman–Crippen LogP) is 2.43. The quantitative estimate of drug-likeness (QED) is 0.726. The van der Waals surface area contributed by atoms with Crippen LogP contribution in [0.25, 0.3) is 0 Å². The molecular formula is C18H24N4O3S. The number of aromatic amines is 1. The standard InChI is InChI=1S/C18H24N4O3S/c1-13-15(21-12-20-13)11-26-8-7-19-18(23)22(2)9-14-10-24-16-5-3-4-6-17(16)25-14/h3-6,12,14H,7-11H2,1-2H3,(H,19,23)(H,20,21)/t14-/m1/s1. The minimum atomic E-state index is -0.169. The van der Waals surface area contributed by atoms with Gasteiger partial charge in [0.2, 0.25) is 0 Å². The van der Waals surface area contributed by atoms with Gasteiger partial charge in [-0.15, -0.1) is 0 Å². The van der Waals surface area contributed by atoms with Crippen LogP contribution < -0.4 is 14.8 Å². The van der Waals surface area contributed by atoms with E-state index in [0.717, 1.165) is 34.4 Å². The predicted molar refractivity (Wildman–Crippen MR) is 102 cm³/mol. The molecule has 0 bridgehead atoms. The van der Waals surface area contributed by atoms with Crippen LogP contribution >= 0.6 is 11.8 Å². The number of ether oxygens (including phenoxy) is 2. The van der Waals surface area contributed by atoms with Crippen LogP contribution in [0, 0.1) is 6.92 Å². The number of rotatable bonds is 7. The Kier molecular flexibility index (Phi) is 6.27. The highest BCUT2D eigenvalue weighted by Gasteiger charge is 2.23. The van der Waals surface area contributed by atoms with E-state index in [-0.39, 0.29) is 12.1 Å². The second-order valence-electron chi connectivity index (χ2n) is 6.14. The number of carbonyl (C=O) groups is 1. The fraction of sp³-hybridized carbons (Fsp3) is 0.444. The lowest BCUT2D eigenvalue weighted by Gasteiger charge is -2.29. The van der Waals surface area contributed by atoms with Gasteiger partial charge >= 0.3 is 6.03 Å². The average molecular weight is 376 g/mol. The zero-order valence-electron chi connectivity index (χ0n) is 15.0. The van der Waals surface area contributed by atoms with E-state index >= 15 is 0 Å². The van der Waals surface area contributed by atoms with Crippen molar-refractivity contribution in [2.75, 3.05) is 32.5 Å². The van der Waals surface area contributed by atoms with E-state index in [1.165, 1.54) is 0 Å². The van der Waals surface area contributed by atoms with Gasteiger partial charge in [-0.1, -0.05) is 12.1 Å². The zero-order chi connectivity index (χ0) is 18.4. The molecule has 1 aromatic carbocycles. The Morgan fingerprint density at radius 3 is 3.00 bits per heavy atom. The summed E-state index contributed by atoms with van der Waals surface area (Å²) in [7, 11) is 1.76. The first-order chi connectivity index (χ1) is 12.6. The summed E-state index contributed by atoms with van der Waals surface area (Å²) >= 11 is 1.75. The summed E-state index contributed by atoms with van der Waals surface area (Å²) < 4.78 is 11.6. The summed E-state index contributed by atoms with van der Waals surface area (Å²) in [5.74, 6) is 3.15. The normalized spacial score (nSPS) is 15.5. The monoisotopic (exact) mass is 376 g/mol. The molecule has 0 spiro atoms. The number of carbonyl (C=O) groups excluding carboxylic acids is 1. The molecule has 2 amide bonds. The second kappa shape index (κ2) is 8.84. The molecule has 26 heavy (non-hydrogen) atoms.